The summed E-state index contributed by atoms with van der Waals surface area (Å²) in [5, 5.41) is 17.5. The first kappa shape index (κ1) is 10.5. The Morgan fingerprint density at radius 1 is 1.62 bits per heavy atom. The molecule has 0 radical (unpaired) electrons. The molecule has 13 heavy (non-hydrogen) atoms. The van der Waals surface area contributed by atoms with Crippen LogP contribution in [0, 0.1) is 14.9 Å². The van der Waals surface area contributed by atoms with E-state index in [0.29, 0.717) is 4.47 Å². The Hall–Kier alpha value is -0.610. The van der Waals surface area contributed by atoms with Gasteiger partial charge in [0, 0.05) is 8.04 Å². The number of carboxylic acid groups (broad SMARTS) is 1. The van der Waals surface area contributed by atoms with Crippen molar-refractivity contribution < 1.29 is 9.90 Å². The summed E-state index contributed by atoms with van der Waals surface area (Å²) < 4.78 is 1.26. The van der Waals surface area contributed by atoms with E-state index >= 15 is 0 Å². The molecular formula is C8H3BrINO2. The Bertz CT molecular complexity index is 411. The molecule has 1 rings (SSSR count). The van der Waals surface area contributed by atoms with Crippen LogP contribution >= 0.6 is 38.5 Å². The minimum absolute atomic E-state index is 0.0166. The van der Waals surface area contributed by atoms with Crippen molar-refractivity contribution in [2.75, 3.05) is 0 Å². The summed E-state index contributed by atoms with van der Waals surface area (Å²) in [6, 6.07) is 5.04. The van der Waals surface area contributed by atoms with Gasteiger partial charge in [-0.3, -0.25) is 0 Å². The van der Waals surface area contributed by atoms with Crippen molar-refractivity contribution in [3.05, 3.63) is 31.3 Å². The smallest absolute Gasteiger partial charge is 0.338 e. The van der Waals surface area contributed by atoms with Crippen molar-refractivity contribution >= 4 is 44.5 Å². The molecule has 0 fully saturated rings. The summed E-state index contributed by atoms with van der Waals surface area (Å²) in [7, 11) is 0. The van der Waals surface area contributed by atoms with Gasteiger partial charge >= 0.3 is 5.97 Å². The van der Waals surface area contributed by atoms with Crippen LogP contribution in [-0.2, 0) is 0 Å². The Kier molecular flexibility index (Phi) is 3.27. The fraction of sp³-hybridized carbons (Fsp3) is 0. The van der Waals surface area contributed by atoms with Crippen molar-refractivity contribution in [2.45, 2.75) is 0 Å². The SMILES string of the molecule is N#Cc1cc(I)cc(Br)c1C(=O)O. The van der Waals surface area contributed by atoms with Gasteiger partial charge in [-0.25, -0.2) is 4.79 Å². The van der Waals surface area contributed by atoms with Crippen molar-refractivity contribution in [3.8, 4) is 6.07 Å². The van der Waals surface area contributed by atoms with Crippen LogP contribution in [0.4, 0.5) is 0 Å². The Balaban J connectivity index is 3.50. The fourth-order valence-corrected chi connectivity index (χ4v) is 2.56. The number of rotatable bonds is 1. The molecule has 0 unspecified atom stereocenters. The Morgan fingerprint density at radius 2 is 2.23 bits per heavy atom. The number of hydrogen-bond acceptors (Lipinski definition) is 2. The lowest BCUT2D eigenvalue weighted by atomic mass is 10.1. The molecule has 1 N–H and O–H groups in total. The number of hydrogen-bond donors (Lipinski definition) is 1. The van der Waals surface area contributed by atoms with Crippen molar-refractivity contribution in [2.24, 2.45) is 0 Å². The molecule has 0 aliphatic heterocycles. The maximum Gasteiger partial charge on any atom is 0.338 e. The average Bonchev–Trinajstić information content (AvgIpc) is 2.01. The first-order valence-corrected chi connectivity index (χ1v) is 5.06. The molecular weight excluding hydrogens is 349 g/mol. The van der Waals surface area contributed by atoms with Gasteiger partial charge in [0.1, 0.15) is 6.07 Å². The van der Waals surface area contributed by atoms with Crippen molar-refractivity contribution in [3.63, 3.8) is 0 Å². The fourth-order valence-electron chi connectivity index (χ4n) is 0.879. The monoisotopic (exact) mass is 351 g/mol. The number of nitriles is 1. The highest BCUT2D eigenvalue weighted by molar-refractivity contribution is 14.1. The van der Waals surface area contributed by atoms with Crippen LogP contribution in [0.1, 0.15) is 15.9 Å². The largest absolute Gasteiger partial charge is 0.478 e. The van der Waals surface area contributed by atoms with Gasteiger partial charge in [0.2, 0.25) is 0 Å². The third-order valence-electron chi connectivity index (χ3n) is 1.39. The van der Waals surface area contributed by atoms with E-state index < -0.39 is 5.97 Å². The second kappa shape index (κ2) is 4.07. The van der Waals surface area contributed by atoms with Gasteiger partial charge in [0.05, 0.1) is 11.1 Å². The van der Waals surface area contributed by atoms with Gasteiger partial charge in [-0.15, -0.1) is 0 Å². The number of benzene rings is 1. The molecule has 1 aromatic carbocycles. The Labute approximate surface area is 96.6 Å². The molecule has 1 aromatic rings. The first-order valence-electron chi connectivity index (χ1n) is 3.18. The predicted octanol–water partition coefficient (Wildman–Crippen LogP) is 2.62. The number of halogens is 2. The molecule has 0 amide bonds. The lowest BCUT2D eigenvalue weighted by Gasteiger charge is -2.01. The molecule has 3 nitrogen and oxygen atoms in total. The maximum atomic E-state index is 10.7. The molecule has 0 spiro atoms. The number of carboxylic acids is 1. The lowest BCUT2D eigenvalue weighted by Crippen LogP contribution is -2.02. The molecule has 0 bridgehead atoms. The van der Waals surface area contributed by atoms with E-state index in [-0.39, 0.29) is 11.1 Å². The van der Waals surface area contributed by atoms with Crippen LogP contribution in [0.2, 0.25) is 0 Å². The second-order valence-electron chi connectivity index (χ2n) is 2.23. The highest BCUT2D eigenvalue weighted by Crippen LogP contribution is 2.23. The maximum absolute atomic E-state index is 10.7. The van der Waals surface area contributed by atoms with Crippen LogP contribution in [0.15, 0.2) is 16.6 Å². The molecule has 0 saturated carbocycles. The topological polar surface area (TPSA) is 61.1 Å². The van der Waals surface area contributed by atoms with E-state index in [0.717, 1.165) is 3.57 Å². The van der Waals surface area contributed by atoms with E-state index in [1.165, 1.54) is 6.07 Å². The lowest BCUT2D eigenvalue weighted by molar-refractivity contribution is 0.0695. The quantitative estimate of drug-likeness (QED) is 0.791. The van der Waals surface area contributed by atoms with E-state index in [1.54, 1.807) is 6.07 Å². The summed E-state index contributed by atoms with van der Waals surface area (Å²) in [5.41, 5.74) is 0.189. The molecule has 0 aliphatic carbocycles. The zero-order valence-corrected chi connectivity index (χ0v) is 9.96. The van der Waals surface area contributed by atoms with E-state index in [4.69, 9.17) is 10.4 Å². The molecule has 0 heterocycles. The standard InChI is InChI=1S/C8H3BrINO2/c9-6-2-5(10)1-4(3-11)7(6)8(12)13/h1-2H,(H,12,13). The van der Waals surface area contributed by atoms with Crippen LogP contribution < -0.4 is 0 Å². The van der Waals surface area contributed by atoms with Crippen LogP contribution in [0.3, 0.4) is 0 Å². The Morgan fingerprint density at radius 3 is 2.69 bits per heavy atom. The molecule has 0 atom stereocenters. The zero-order valence-electron chi connectivity index (χ0n) is 6.21. The van der Waals surface area contributed by atoms with Crippen LogP contribution in [0.5, 0.6) is 0 Å². The molecule has 0 saturated heterocycles. The van der Waals surface area contributed by atoms with Crippen molar-refractivity contribution in [1.82, 2.24) is 0 Å². The van der Waals surface area contributed by atoms with Gasteiger partial charge in [-0.2, -0.15) is 5.26 Å². The third-order valence-corrected chi connectivity index (χ3v) is 2.64. The summed E-state index contributed by atoms with van der Waals surface area (Å²) in [6.45, 7) is 0. The summed E-state index contributed by atoms with van der Waals surface area (Å²) >= 11 is 5.12. The van der Waals surface area contributed by atoms with Gasteiger partial charge in [0.25, 0.3) is 0 Å². The molecule has 0 aromatic heterocycles. The molecule has 5 heteroatoms. The van der Waals surface area contributed by atoms with Gasteiger partial charge in [0.15, 0.2) is 0 Å². The van der Waals surface area contributed by atoms with Gasteiger partial charge in [-0.1, -0.05) is 0 Å². The van der Waals surface area contributed by atoms with Crippen molar-refractivity contribution in [1.29, 1.82) is 5.26 Å². The van der Waals surface area contributed by atoms with Crippen LogP contribution in [0.25, 0.3) is 0 Å². The number of aromatic carboxylic acids is 1. The van der Waals surface area contributed by atoms with E-state index in [9.17, 15) is 4.79 Å². The second-order valence-corrected chi connectivity index (χ2v) is 4.33. The highest BCUT2D eigenvalue weighted by atomic mass is 127. The van der Waals surface area contributed by atoms with Crippen LogP contribution in [-0.4, -0.2) is 11.1 Å². The van der Waals surface area contributed by atoms with E-state index in [1.807, 2.05) is 28.7 Å². The number of carbonyl (C=O) groups is 1. The zero-order chi connectivity index (χ0) is 10.0. The normalized spacial score (nSPS) is 9.31. The minimum atomic E-state index is -1.10. The highest BCUT2D eigenvalue weighted by Gasteiger charge is 2.14. The van der Waals surface area contributed by atoms with Gasteiger partial charge < -0.3 is 5.11 Å². The first-order chi connectivity index (χ1) is 6.06. The van der Waals surface area contributed by atoms with Gasteiger partial charge in [-0.05, 0) is 50.7 Å². The molecule has 66 valence electrons. The summed E-state index contributed by atoms with van der Waals surface area (Å²) in [5.74, 6) is -1.10. The number of nitrogens with zero attached hydrogens (tertiary/aromatic N) is 1. The summed E-state index contributed by atoms with van der Waals surface area (Å²) in [6.07, 6.45) is 0. The van der Waals surface area contributed by atoms with E-state index in [2.05, 4.69) is 15.9 Å². The minimum Gasteiger partial charge on any atom is -0.478 e. The third kappa shape index (κ3) is 2.19. The predicted molar refractivity (Wildman–Crippen MR) is 58.5 cm³/mol. The molecule has 0 aliphatic rings. The average molecular weight is 352 g/mol. The summed E-state index contributed by atoms with van der Waals surface area (Å²) in [4.78, 5) is 10.7.